The molecule has 0 N–H and O–H groups in total. The van der Waals surface area contributed by atoms with Crippen molar-refractivity contribution < 1.29 is 9.13 Å². The fraction of sp³-hybridized carbons (Fsp3) is 0.375. The number of fused-ring (bicyclic) bond motifs is 1. The van der Waals surface area contributed by atoms with Gasteiger partial charge in [-0.2, -0.15) is 0 Å². The van der Waals surface area contributed by atoms with Crippen molar-refractivity contribution in [1.29, 1.82) is 0 Å². The van der Waals surface area contributed by atoms with Gasteiger partial charge in [-0.15, -0.1) is 10.2 Å². The van der Waals surface area contributed by atoms with E-state index in [0.717, 1.165) is 5.82 Å². The Morgan fingerprint density at radius 2 is 1.96 bits per heavy atom. The van der Waals surface area contributed by atoms with E-state index >= 15 is 0 Å². The largest absolute Gasteiger partial charge is 0.476 e. The zero-order valence-corrected chi connectivity index (χ0v) is 13.5. The van der Waals surface area contributed by atoms with Crippen molar-refractivity contribution in [3.63, 3.8) is 0 Å². The van der Waals surface area contributed by atoms with E-state index in [9.17, 15) is 4.39 Å². The average molecular weight is 315 g/mol. The SMILES string of the molecule is CCOc1ncc(-c2cn3c(C(C)(C)C)nnc3cn2)cc1F. The zero-order valence-electron chi connectivity index (χ0n) is 13.5. The van der Waals surface area contributed by atoms with Gasteiger partial charge in [0.25, 0.3) is 0 Å². The molecule has 0 atom stereocenters. The molecule has 0 saturated carbocycles. The van der Waals surface area contributed by atoms with Gasteiger partial charge in [0.2, 0.25) is 5.88 Å². The van der Waals surface area contributed by atoms with Crippen LogP contribution in [0.25, 0.3) is 16.9 Å². The van der Waals surface area contributed by atoms with Crippen LogP contribution in [0.3, 0.4) is 0 Å². The summed E-state index contributed by atoms with van der Waals surface area (Å²) in [4.78, 5) is 8.32. The lowest BCUT2D eigenvalue weighted by Gasteiger charge is -2.15. The minimum absolute atomic E-state index is 0.00277. The second-order valence-electron chi connectivity index (χ2n) is 6.22. The summed E-state index contributed by atoms with van der Waals surface area (Å²) >= 11 is 0. The second kappa shape index (κ2) is 5.57. The maximum atomic E-state index is 14.0. The Bertz CT molecular complexity index is 853. The zero-order chi connectivity index (χ0) is 16.6. The van der Waals surface area contributed by atoms with Gasteiger partial charge >= 0.3 is 0 Å². The summed E-state index contributed by atoms with van der Waals surface area (Å²) in [5, 5.41) is 8.34. The van der Waals surface area contributed by atoms with Gasteiger partial charge < -0.3 is 4.74 Å². The van der Waals surface area contributed by atoms with Gasteiger partial charge in [-0.3, -0.25) is 9.38 Å². The normalized spacial score (nSPS) is 11.9. The lowest BCUT2D eigenvalue weighted by atomic mass is 9.96. The molecule has 7 heteroatoms. The Balaban J connectivity index is 2.08. The van der Waals surface area contributed by atoms with Crippen LogP contribution in [-0.2, 0) is 5.41 Å². The highest BCUT2D eigenvalue weighted by molar-refractivity contribution is 5.59. The molecule has 120 valence electrons. The topological polar surface area (TPSA) is 65.2 Å². The van der Waals surface area contributed by atoms with E-state index in [1.54, 1.807) is 25.5 Å². The van der Waals surface area contributed by atoms with E-state index in [1.165, 1.54) is 6.07 Å². The summed E-state index contributed by atoms with van der Waals surface area (Å²) < 4.78 is 21.0. The summed E-state index contributed by atoms with van der Waals surface area (Å²) in [6.07, 6.45) is 4.96. The van der Waals surface area contributed by atoms with Crippen molar-refractivity contribution >= 4 is 5.65 Å². The molecule has 3 rings (SSSR count). The summed E-state index contributed by atoms with van der Waals surface area (Å²) in [6.45, 7) is 8.32. The molecule has 0 radical (unpaired) electrons. The van der Waals surface area contributed by atoms with Gasteiger partial charge in [0.05, 0.1) is 18.5 Å². The van der Waals surface area contributed by atoms with Crippen LogP contribution in [0.2, 0.25) is 0 Å². The van der Waals surface area contributed by atoms with Gasteiger partial charge in [0, 0.05) is 23.4 Å². The molecule has 6 nitrogen and oxygen atoms in total. The van der Waals surface area contributed by atoms with Crippen molar-refractivity contribution in [3.8, 4) is 17.1 Å². The third-order valence-electron chi connectivity index (χ3n) is 3.35. The van der Waals surface area contributed by atoms with Crippen molar-refractivity contribution in [3.05, 3.63) is 36.3 Å². The fourth-order valence-corrected chi connectivity index (χ4v) is 2.27. The van der Waals surface area contributed by atoms with Crippen molar-refractivity contribution in [2.24, 2.45) is 0 Å². The van der Waals surface area contributed by atoms with Crippen LogP contribution in [0, 0.1) is 5.82 Å². The fourth-order valence-electron chi connectivity index (χ4n) is 2.27. The molecule has 0 fully saturated rings. The molecule has 0 amide bonds. The molecule has 0 aliphatic rings. The average Bonchev–Trinajstić information content (AvgIpc) is 2.92. The highest BCUT2D eigenvalue weighted by Crippen LogP contribution is 2.25. The van der Waals surface area contributed by atoms with Gasteiger partial charge in [-0.05, 0) is 13.0 Å². The number of halogens is 1. The highest BCUT2D eigenvalue weighted by atomic mass is 19.1. The Labute approximate surface area is 133 Å². The number of hydrogen-bond acceptors (Lipinski definition) is 5. The Hall–Kier alpha value is -2.57. The summed E-state index contributed by atoms with van der Waals surface area (Å²) in [5.41, 5.74) is 1.65. The van der Waals surface area contributed by atoms with Crippen LogP contribution >= 0.6 is 0 Å². The first-order valence-electron chi connectivity index (χ1n) is 7.40. The smallest absolute Gasteiger partial charge is 0.250 e. The molecule has 0 aliphatic carbocycles. The van der Waals surface area contributed by atoms with E-state index < -0.39 is 5.82 Å². The van der Waals surface area contributed by atoms with E-state index in [1.807, 2.05) is 4.40 Å². The van der Waals surface area contributed by atoms with Crippen LogP contribution in [0.4, 0.5) is 4.39 Å². The van der Waals surface area contributed by atoms with Crippen molar-refractivity contribution in [2.75, 3.05) is 6.61 Å². The number of aromatic nitrogens is 5. The molecule has 23 heavy (non-hydrogen) atoms. The molecule has 0 saturated heterocycles. The number of nitrogens with zero attached hydrogens (tertiary/aromatic N) is 5. The van der Waals surface area contributed by atoms with Gasteiger partial charge in [-0.1, -0.05) is 20.8 Å². The standard InChI is InChI=1S/C16H18FN5O/c1-5-23-14-11(17)6-10(7-19-14)12-9-22-13(8-18-12)20-21-15(22)16(2,3)4/h6-9H,5H2,1-4H3. The van der Waals surface area contributed by atoms with Crippen LogP contribution in [0.5, 0.6) is 5.88 Å². The van der Waals surface area contributed by atoms with E-state index in [-0.39, 0.29) is 11.3 Å². The van der Waals surface area contributed by atoms with E-state index in [2.05, 4.69) is 40.9 Å². The third kappa shape index (κ3) is 2.86. The lowest BCUT2D eigenvalue weighted by Crippen LogP contribution is -2.16. The molecule has 3 heterocycles. The predicted octanol–water partition coefficient (Wildman–Crippen LogP) is 3.02. The maximum absolute atomic E-state index is 14.0. The summed E-state index contributed by atoms with van der Waals surface area (Å²) in [6, 6.07) is 1.37. The Kier molecular flexibility index (Phi) is 3.71. The first-order valence-corrected chi connectivity index (χ1v) is 7.40. The number of pyridine rings is 1. The maximum Gasteiger partial charge on any atom is 0.250 e. The van der Waals surface area contributed by atoms with E-state index in [0.29, 0.717) is 23.5 Å². The third-order valence-corrected chi connectivity index (χ3v) is 3.35. The second-order valence-corrected chi connectivity index (χ2v) is 6.22. The molecular formula is C16H18FN5O. The van der Waals surface area contributed by atoms with Crippen LogP contribution in [-0.4, -0.2) is 31.2 Å². The number of rotatable bonds is 3. The van der Waals surface area contributed by atoms with Gasteiger partial charge in [0.15, 0.2) is 11.5 Å². The molecule has 3 aromatic rings. The molecule has 0 aromatic carbocycles. The first-order chi connectivity index (χ1) is 10.9. The van der Waals surface area contributed by atoms with Crippen molar-refractivity contribution in [2.45, 2.75) is 33.1 Å². The summed E-state index contributed by atoms with van der Waals surface area (Å²) in [5.74, 6) is 0.304. The summed E-state index contributed by atoms with van der Waals surface area (Å²) in [7, 11) is 0. The lowest BCUT2D eigenvalue weighted by molar-refractivity contribution is 0.307. The van der Waals surface area contributed by atoms with Gasteiger partial charge in [-0.25, -0.2) is 9.37 Å². The molecule has 0 unspecified atom stereocenters. The highest BCUT2D eigenvalue weighted by Gasteiger charge is 2.21. The molecular weight excluding hydrogens is 297 g/mol. The molecule has 0 aliphatic heterocycles. The Morgan fingerprint density at radius 1 is 1.17 bits per heavy atom. The van der Waals surface area contributed by atoms with Crippen LogP contribution in [0.1, 0.15) is 33.5 Å². The van der Waals surface area contributed by atoms with Crippen LogP contribution in [0.15, 0.2) is 24.7 Å². The minimum atomic E-state index is -0.508. The minimum Gasteiger partial charge on any atom is -0.476 e. The molecule has 0 bridgehead atoms. The number of hydrogen-bond donors (Lipinski definition) is 0. The quantitative estimate of drug-likeness (QED) is 0.743. The first kappa shape index (κ1) is 15.3. The van der Waals surface area contributed by atoms with Crippen molar-refractivity contribution in [1.82, 2.24) is 24.6 Å². The van der Waals surface area contributed by atoms with E-state index in [4.69, 9.17) is 4.74 Å². The molecule has 3 aromatic heterocycles. The molecule has 0 spiro atoms. The van der Waals surface area contributed by atoms with Gasteiger partial charge in [0.1, 0.15) is 5.82 Å². The predicted molar refractivity (Wildman–Crippen MR) is 83.8 cm³/mol. The van der Waals surface area contributed by atoms with Crippen LogP contribution < -0.4 is 4.74 Å². The monoisotopic (exact) mass is 315 g/mol. The number of ether oxygens (including phenoxy) is 1. The Morgan fingerprint density at radius 3 is 2.61 bits per heavy atom.